The van der Waals surface area contributed by atoms with Crippen LogP contribution in [0.25, 0.3) is 0 Å². The molecule has 0 aromatic carbocycles. The fourth-order valence-electron chi connectivity index (χ4n) is 0.572. The van der Waals surface area contributed by atoms with Crippen molar-refractivity contribution in [1.82, 2.24) is 0 Å². The first-order chi connectivity index (χ1) is 6.25. The van der Waals surface area contributed by atoms with Crippen molar-refractivity contribution < 1.29 is 25.3 Å². The van der Waals surface area contributed by atoms with E-state index in [1.54, 1.807) is 0 Å². The molecule has 0 heterocycles. The van der Waals surface area contributed by atoms with Crippen LogP contribution in [0, 0.1) is 0 Å². The van der Waals surface area contributed by atoms with Crippen LogP contribution in [0.3, 0.4) is 0 Å². The first kappa shape index (κ1) is 24.7. The summed E-state index contributed by atoms with van der Waals surface area (Å²) in [4.78, 5) is 20.0. The summed E-state index contributed by atoms with van der Waals surface area (Å²) in [5.41, 5.74) is 0. The van der Waals surface area contributed by atoms with E-state index in [-0.39, 0.29) is 66.3 Å². The Morgan fingerprint density at radius 1 is 0.812 bits per heavy atom. The van der Waals surface area contributed by atoms with Crippen molar-refractivity contribution in [1.29, 1.82) is 0 Å². The summed E-state index contributed by atoms with van der Waals surface area (Å²) in [7, 11) is 0. The van der Waals surface area contributed by atoms with Crippen LogP contribution in [-0.4, -0.2) is 54.8 Å². The zero-order chi connectivity index (χ0) is 11.7. The van der Waals surface area contributed by atoms with Crippen LogP contribution in [-0.2, 0) is 9.59 Å². The first-order valence-electron chi connectivity index (χ1n) is 3.97. The van der Waals surface area contributed by atoms with Gasteiger partial charge >= 0.3 is 37.7 Å². The maximum atomic E-state index is 9.98. The molecule has 0 saturated carbocycles. The van der Waals surface area contributed by atoms with E-state index in [4.69, 9.17) is 0 Å². The van der Waals surface area contributed by atoms with Gasteiger partial charge in [-0.1, -0.05) is 13.8 Å². The van der Waals surface area contributed by atoms with E-state index in [1.165, 1.54) is 27.7 Å². The molecule has 0 bridgehead atoms. The molecule has 0 aromatic heterocycles. The molecule has 0 radical (unpaired) electrons. The SMILES string of the molecule is CC(=O)C=C(C)[O-].CC(=O)C=C(C)[O-].O.[Ca+2]. The van der Waals surface area contributed by atoms with E-state index < -0.39 is 0 Å². The largest absolute Gasteiger partial charge is 2.00 e. The molecule has 0 aliphatic carbocycles. The van der Waals surface area contributed by atoms with Crippen molar-refractivity contribution >= 4 is 49.3 Å². The summed E-state index contributed by atoms with van der Waals surface area (Å²) in [5, 5.41) is 20.0. The summed E-state index contributed by atoms with van der Waals surface area (Å²) in [6, 6.07) is 0. The molecular formula is C10H16CaO5. The van der Waals surface area contributed by atoms with Gasteiger partial charge in [0.15, 0.2) is 11.6 Å². The number of hydrogen-bond donors (Lipinski definition) is 0. The van der Waals surface area contributed by atoms with Gasteiger partial charge in [0, 0.05) is 0 Å². The number of hydrogen-bond acceptors (Lipinski definition) is 4. The molecule has 5 nitrogen and oxygen atoms in total. The van der Waals surface area contributed by atoms with Crippen molar-refractivity contribution in [2.75, 3.05) is 0 Å². The van der Waals surface area contributed by atoms with Crippen LogP contribution in [0.1, 0.15) is 27.7 Å². The number of carbonyl (C=O) groups is 2. The van der Waals surface area contributed by atoms with Gasteiger partial charge in [-0.3, -0.25) is 9.59 Å². The molecule has 0 aliphatic rings. The van der Waals surface area contributed by atoms with Crippen LogP contribution in [0.15, 0.2) is 23.7 Å². The van der Waals surface area contributed by atoms with Crippen LogP contribution < -0.4 is 10.2 Å². The van der Waals surface area contributed by atoms with Gasteiger partial charge in [-0.25, -0.2) is 0 Å². The van der Waals surface area contributed by atoms with Gasteiger partial charge in [0.1, 0.15) is 0 Å². The first-order valence-corrected chi connectivity index (χ1v) is 3.97. The molecule has 0 amide bonds. The minimum atomic E-state index is -0.187. The summed E-state index contributed by atoms with van der Waals surface area (Å²) in [5.74, 6) is -0.750. The van der Waals surface area contributed by atoms with Gasteiger partial charge in [-0.15, -0.1) is 11.5 Å². The quantitative estimate of drug-likeness (QED) is 0.339. The number of ketones is 2. The van der Waals surface area contributed by atoms with Gasteiger partial charge in [-0.2, -0.15) is 0 Å². The third kappa shape index (κ3) is 37.3. The molecule has 6 heteroatoms. The van der Waals surface area contributed by atoms with Crippen molar-refractivity contribution in [3.8, 4) is 0 Å². The van der Waals surface area contributed by atoms with Crippen molar-refractivity contribution in [3.63, 3.8) is 0 Å². The molecule has 0 fully saturated rings. The predicted octanol–water partition coefficient (Wildman–Crippen LogP) is -1.53. The second kappa shape index (κ2) is 14.6. The van der Waals surface area contributed by atoms with Crippen LogP contribution in [0.2, 0.25) is 0 Å². The molecule has 0 saturated heterocycles. The van der Waals surface area contributed by atoms with Crippen LogP contribution >= 0.6 is 0 Å². The smallest absolute Gasteiger partial charge is 0.876 e. The van der Waals surface area contributed by atoms with E-state index in [0.717, 1.165) is 12.2 Å². The molecule has 88 valence electrons. The molecule has 0 aromatic rings. The average Bonchev–Trinajstić information content (AvgIpc) is 1.79. The minimum Gasteiger partial charge on any atom is -0.876 e. The van der Waals surface area contributed by atoms with Gasteiger partial charge in [0.2, 0.25) is 0 Å². The monoisotopic (exact) mass is 256 g/mol. The fourth-order valence-corrected chi connectivity index (χ4v) is 0.572. The van der Waals surface area contributed by atoms with E-state index in [0.29, 0.717) is 0 Å². The van der Waals surface area contributed by atoms with Gasteiger partial charge in [0.05, 0.1) is 0 Å². The maximum absolute atomic E-state index is 9.98. The topological polar surface area (TPSA) is 112 Å². The van der Waals surface area contributed by atoms with E-state index in [1.807, 2.05) is 0 Å². The Morgan fingerprint density at radius 3 is 1.00 bits per heavy atom. The molecular weight excluding hydrogens is 240 g/mol. The molecule has 0 rings (SSSR count). The Labute approximate surface area is 125 Å². The molecule has 0 unspecified atom stereocenters. The van der Waals surface area contributed by atoms with E-state index in [2.05, 4.69) is 0 Å². The molecule has 0 atom stereocenters. The van der Waals surface area contributed by atoms with Gasteiger partial charge in [0.25, 0.3) is 0 Å². The zero-order valence-corrected chi connectivity index (χ0v) is 12.2. The zero-order valence-electron chi connectivity index (χ0n) is 9.99. The Hall–Kier alpha value is -0.360. The molecule has 2 N–H and O–H groups in total. The van der Waals surface area contributed by atoms with E-state index in [9.17, 15) is 19.8 Å². The summed E-state index contributed by atoms with van der Waals surface area (Å²) in [6.45, 7) is 5.39. The van der Waals surface area contributed by atoms with Gasteiger partial charge < -0.3 is 15.7 Å². The Balaban J connectivity index is -0.0000000800. The Bertz CT molecular complexity index is 232. The van der Waals surface area contributed by atoms with Crippen LogP contribution in [0.5, 0.6) is 0 Å². The summed E-state index contributed by atoms with van der Waals surface area (Å²) < 4.78 is 0. The average molecular weight is 256 g/mol. The summed E-state index contributed by atoms with van der Waals surface area (Å²) >= 11 is 0. The van der Waals surface area contributed by atoms with E-state index >= 15 is 0 Å². The van der Waals surface area contributed by atoms with Crippen molar-refractivity contribution in [3.05, 3.63) is 23.7 Å². The predicted molar refractivity (Wildman–Crippen MR) is 58.2 cm³/mol. The fraction of sp³-hybridized carbons (Fsp3) is 0.400. The Kier molecular flexibility index (Phi) is 22.6. The number of carbonyl (C=O) groups excluding carboxylic acids is 2. The van der Waals surface area contributed by atoms with Crippen molar-refractivity contribution in [2.24, 2.45) is 0 Å². The number of rotatable bonds is 2. The summed E-state index contributed by atoms with van der Waals surface area (Å²) in [6.07, 6.45) is 2.11. The second-order valence-corrected chi connectivity index (χ2v) is 2.73. The standard InChI is InChI=1S/2C5H8O2.Ca.H2O/c2*1-4(6)3-5(2)7;;/h2*3,6H,1-2H3;;1H2/q;;+2;/p-2. The third-order valence-corrected chi connectivity index (χ3v) is 0.813. The van der Waals surface area contributed by atoms with Crippen molar-refractivity contribution in [2.45, 2.75) is 27.7 Å². The maximum Gasteiger partial charge on any atom is 2.00 e. The molecule has 0 aliphatic heterocycles. The Morgan fingerprint density at radius 2 is 1.00 bits per heavy atom. The van der Waals surface area contributed by atoms with Crippen LogP contribution in [0.4, 0.5) is 0 Å². The second-order valence-electron chi connectivity index (χ2n) is 2.73. The normalized spacial score (nSPS) is 10.0. The molecule has 0 spiro atoms. The minimum absolute atomic E-state index is 0. The third-order valence-electron chi connectivity index (χ3n) is 0.813. The number of allylic oxidation sites excluding steroid dienone is 4. The van der Waals surface area contributed by atoms with Gasteiger partial charge in [-0.05, 0) is 26.0 Å². The molecule has 16 heavy (non-hydrogen) atoms.